The van der Waals surface area contributed by atoms with Crippen molar-refractivity contribution < 1.29 is 28.6 Å². The van der Waals surface area contributed by atoms with Crippen LogP contribution in [0.2, 0.25) is 0 Å². The molecule has 0 radical (unpaired) electrons. The maximum atomic E-state index is 12.9. The normalized spacial score (nSPS) is 12.5. The number of hydrogen-bond donors (Lipinski definition) is 0. The van der Waals surface area contributed by atoms with E-state index in [-0.39, 0.29) is 31.6 Å². The average molecular weight is 1020 g/mol. The number of carbonyl (C=O) groups excluding carboxylic acids is 3. The van der Waals surface area contributed by atoms with Gasteiger partial charge in [-0.3, -0.25) is 14.4 Å². The summed E-state index contributed by atoms with van der Waals surface area (Å²) >= 11 is 0. The van der Waals surface area contributed by atoms with Gasteiger partial charge in [0.2, 0.25) is 0 Å². The van der Waals surface area contributed by atoms with Gasteiger partial charge in [-0.05, 0) is 70.6 Å². The summed E-state index contributed by atoms with van der Waals surface area (Å²) < 4.78 is 16.8. The van der Waals surface area contributed by atoms with Crippen LogP contribution in [0.25, 0.3) is 0 Å². The molecule has 1 unspecified atom stereocenters. The Morgan fingerprint density at radius 1 is 0.301 bits per heavy atom. The van der Waals surface area contributed by atoms with Gasteiger partial charge >= 0.3 is 17.9 Å². The van der Waals surface area contributed by atoms with Gasteiger partial charge < -0.3 is 14.2 Å². The van der Waals surface area contributed by atoms with Crippen molar-refractivity contribution in [1.82, 2.24) is 0 Å². The summed E-state index contributed by atoms with van der Waals surface area (Å²) in [7, 11) is 0. The molecule has 0 fully saturated rings. The minimum Gasteiger partial charge on any atom is -0.462 e. The van der Waals surface area contributed by atoms with Crippen LogP contribution >= 0.6 is 0 Å². The molecule has 0 amide bonds. The molecule has 0 aromatic rings. The molecule has 422 valence electrons. The Morgan fingerprint density at radius 3 is 0.945 bits per heavy atom. The smallest absolute Gasteiger partial charge is 0.309 e. The molecular weight excluding hydrogens is 901 g/mol. The molecule has 0 bridgehead atoms. The first-order valence-corrected chi connectivity index (χ1v) is 31.4. The van der Waals surface area contributed by atoms with Gasteiger partial charge in [0.05, 0.1) is 6.42 Å². The third-order valence-electron chi connectivity index (χ3n) is 13.7. The van der Waals surface area contributed by atoms with E-state index in [0.29, 0.717) is 12.8 Å². The third-order valence-corrected chi connectivity index (χ3v) is 13.7. The summed E-state index contributed by atoms with van der Waals surface area (Å²) in [6, 6.07) is 0. The Labute approximate surface area is 453 Å². The van der Waals surface area contributed by atoms with Crippen molar-refractivity contribution in [3.63, 3.8) is 0 Å². The predicted molar refractivity (Wildman–Crippen MR) is 316 cm³/mol. The van der Waals surface area contributed by atoms with E-state index in [4.69, 9.17) is 14.2 Å². The number of hydrogen-bond acceptors (Lipinski definition) is 6. The zero-order valence-corrected chi connectivity index (χ0v) is 48.4. The van der Waals surface area contributed by atoms with Crippen LogP contribution in [0.4, 0.5) is 0 Å². The van der Waals surface area contributed by atoms with Gasteiger partial charge in [-0.15, -0.1) is 0 Å². The lowest BCUT2D eigenvalue weighted by Gasteiger charge is -2.18. The van der Waals surface area contributed by atoms with Crippen molar-refractivity contribution >= 4 is 17.9 Å². The Morgan fingerprint density at radius 2 is 0.589 bits per heavy atom. The van der Waals surface area contributed by atoms with Gasteiger partial charge in [-0.25, -0.2) is 0 Å². The lowest BCUT2D eigenvalue weighted by Crippen LogP contribution is -2.30. The molecule has 0 aromatic carbocycles. The number of carbonyl (C=O) groups is 3. The summed E-state index contributed by atoms with van der Waals surface area (Å²) in [5.74, 6) is -1.02. The Bertz CT molecular complexity index is 1360. The van der Waals surface area contributed by atoms with E-state index in [0.717, 1.165) is 70.6 Å². The van der Waals surface area contributed by atoms with Crippen LogP contribution in [0.1, 0.15) is 316 Å². The van der Waals surface area contributed by atoms with Gasteiger partial charge in [0.1, 0.15) is 13.2 Å². The van der Waals surface area contributed by atoms with Crippen molar-refractivity contribution in [2.75, 3.05) is 13.2 Å². The molecule has 0 aromatic heterocycles. The van der Waals surface area contributed by atoms with Crippen molar-refractivity contribution in [3.05, 3.63) is 72.9 Å². The minimum atomic E-state index is -0.814. The van der Waals surface area contributed by atoms with Crippen molar-refractivity contribution in [2.45, 2.75) is 322 Å². The zero-order valence-electron chi connectivity index (χ0n) is 48.4. The standard InChI is InChI=1S/C67H118O6/c1-4-7-10-13-16-19-22-25-28-30-31-32-33-34-35-37-39-42-45-48-51-54-57-60-66(69)72-63-64(62-71-65(68)59-56-53-50-47-44-41-38-27-24-21-18-15-12-9-6-3)73-67(70)61-58-55-52-49-46-43-40-36-29-26-23-20-17-14-11-8-5-2/h9,12,18,21,27,30-31,38,44,47,53,56,64H,4-8,10-11,13-17,19-20,22-26,28-29,32-37,39-43,45-46,48-52,54-55,57-63H2,1-3H3/b12-9-,21-18-,31-30-,38-27-,47-44-,56-53-. The maximum absolute atomic E-state index is 12.9. The molecule has 73 heavy (non-hydrogen) atoms. The first kappa shape index (κ1) is 69.8. The van der Waals surface area contributed by atoms with Crippen molar-refractivity contribution in [2.24, 2.45) is 0 Å². The molecule has 6 heteroatoms. The molecule has 0 spiro atoms. The summed E-state index contributed by atoms with van der Waals surface area (Å²) in [5.41, 5.74) is 0. The van der Waals surface area contributed by atoms with Gasteiger partial charge in [0.25, 0.3) is 0 Å². The fraction of sp³-hybridized carbons (Fsp3) is 0.776. The molecule has 0 heterocycles. The molecule has 0 rings (SSSR count). The van der Waals surface area contributed by atoms with Gasteiger partial charge in [-0.2, -0.15) is 0 Å². The van der Waals surface area contributed by atoms with Crippen molar-refractivity contribution in [3.8, 4) is 0 Å². The van der Waals surface area contributed by atoms with E-state index in [1.54, 1.807) is 6.08 Å². The average Bonchev–Trinajstić information content (AvgIpc) is 3.39. The number of ether oxygens (including phenoxy) is 3. The second-order valence-electron chi connectivity index (χ2n) is 21.0. The van der Waals surface area contributed by atoms with E-state index >= 15 is 0 Å². The minimum absolute atomic E-state index is 0.103. The van der Waals surface area contributed by atoms with Crippen LogP contribution in [0.5, 0.6) is 0 Å². The molecule has 0 aliphatic carbocycles. The van der Waals surface area contributed by atoms with Crippen LogP contribution in [-0.4, -0.2) is 37.2 Å². The van der Waals surface area contributed by atoms with E-state index in [1.165, 1.54) is 205 Å². The van der Waals surface area contributed by atoms with Crippen LogP contribution in [-0.2, 0) is 28.6 Å². The SMILES string of the molecule is CC/C=C\C/C=C\C/C=C\C/C=C\C/C=C\CC(=O)OCC(COC(=O)CCCCCCCCCCCCC/C=C\CCCCCCCCCC)OC(=O)CCCCCCCCCCCCCCCCCCC. The molecule has 0 saturated carbocycles. The highest BCUT2D eigenvalue weighted by molar-refractivity contribution is 5.72. The van der Waals surface area contributed by atoms with E-state index in [9.17, 15) is 14.4 Å². The highest BCUT2D eigenvalue weighted by Gasteiger charge is 2.19. The number of esters is 3. The Hall–Kier alpha value is -3.15. The summed E-state index contributed by atoms with van der Waals surface area (Å²) in [4.78, 5) is 38.2. The fourth-order valence-electron chi connectivity index (χ4n) is 9.04. The molecule has 6 nitrogen and oxygen atoms in total. The van der Waals surface area contributed by atoms with Crippen LogP contribution in [0.3, 0.4) is 0 Å². The van der Waals surface area contributed by atoms with E-state index < -0.39 is 12.1 Å². The van der Waals surface area contributed by atoms with Crippen molar-refractivity contribution in [1.29, 1.82) is 0 Å². The first-order chi connectivity index (χ1) is 36.0. The van der Waals surface area contributed by atoms with E-state index in [1.807, 2.05) is 6.08 Å². The second kappa shape index (κ2) is 61.4. The summed E-state index contributed by atoms with van der Waals surface area (Å²) in [5, 5.41) is 0. The van der Waals surface area contributed by atoms with Crippen LogP contribution < -0.4 is 0 Å². The van der Waals surface area contributed by atoms with Gasteiger partial charge in [0.15, 0.2) is 6.10 Å². The fourth-order valence-corrected chi connectivity index (χ4v) is 9.04. The molecular formula is C67H118O6. The quantitative estimate of drug-likeness (QED) is 0.0261. The topological polar surface area (TPSA) is 78.9 Å². The summed E-state index contributed by atoms with van der Waals surface area (Å²) in [6.07, 6.45) is 79.4. The second-order valence-corrected chi connectivity index (χ2v) is 21.0. The monoisotopic (exact) mass is 1020 g/mol. The Kier molecular flexibility index (Phi) is 58.7. The number of unbranched alkanes of at least 4 members (excludes halogenated alkanes) is 35. The Balaban J connectivity index is 4.38. The summed E-state index contributed by atoms with van der Waals surface area (Å²) in [6.45, 7) is 6.48. The first-order valence-electron chi connectivity index (χ1n) is 31.4. The zero-order chi connectivity index (χ0) is 52.9. The lowest BCUT2D eigenvalue weighted by atomic mass is 10.0. The molecule has 0 saturated heterocycles. The molecule has 0 aliphatic heterocycles. The van der Waals surface area contributed by atoms with Gasteiger partial charge in [-0.1, -0.05) is 299 Å². The molecule has 0 N–H and O–H groups in total. The van der Waals surface area contributed by atoms with Crippen LogP contribution in [0.15, 0.2) is 72.9 Å². The highest BCUT2D eigenvalue weighted by atomic mass is 16.6. The molecule has 0 aliphatic rings. The molecule has 1 atom stereocenters. The van der Waals surface area contributed by atoms with E-state index in [2.05, 4.69) is 81.5 Å². The predicted octanol–water partition coefficient (Wildman–Crippen LogP) is 21.3. The highest BCUT2D eigenvalue weighted by Crippen LogP contribution is 2.17. The maximum Gasteiger partial charge on any atom is 0.309 e. The number of allylic oxidation sites excluding steroid dienone is 11. The lowest BCUT2D eigenvalue weighted by molar-refractivity contribution is -0.166. The number of rotatable bonds is 57. The van der Waals surface area contributed by atoms with Gasteiger partial charge in [0, 0.05) is 12.8 Å². The van der Waals surface area contributed by atoms with Crippen LogP contribution in [0, 0.1) is 0 Å². The largest absolute Gasteiger partial charge is 0.462 e. The third kappa shape index (κ3) is 59.6.